The number of rotatable bonds is 1. The number of fused-ring (bicyclic) bond motifs is 1. The van der Waals surface area contributed by atoms with Crippen LogP contribution >= 0.6 is 0 Å². The molecule has 25 heavy (non-hydrogen) atoms. The Kier molecular flexibility index (Phi) is 3.44. The zero-order valence-corrected chi connectivity index (χ0v) is 13.6. The molecule has 0 radical (unpaired) electrons. The van der Waals surface area contributed by atoms with Crippen molar-refractivity contribution in [3.8, 4) is 23.2 Å². The van der Waals surface area contributed by atoms with Crippen LogP contribution in [0.3, 0.4) is 0 Å². The number of nitrogen functional groups attached to an aromatic ring is 1. The van der Waals surface area contributed by atoms with Crippen LogP contribution in [-0.2, 0) is 7.05 Å². The van der Waals surface area contributed by atoms with Crippen LogP contribution in [0.25, 0.3) is 22.6 Å². The second kappa shape index (κ2) is 5.53. The number of nitrogens with two attached hydrogens (primary N) is 1. The van der Waals surface area contributed by atoms with E-state index in [1.165, 1.54) is 6.07 Å². The Bertz CT molecular complexity index is 1040. The van der Waals surface area contributed by atoms with E-state index in [1.54, 1.807) is 29.8 Å². The summed E-state index contributed by atoms with van der Waals surface area (Å²) in [5, 5.41) is 10.1. The molecule has 4 rings (SSSR count). The maximum absolute atomic E-state index is 14.1. The van der Waals surface area contributed by atoms with Gasteiger partial charge in [0, 0.05) is 7.05 Å². The highest BCUT2D eigenvalue weighted by Crippen LogP contribution is 2.31. The zero-order valence-electron chi connectivity index (χ0n) is 13.6. The largest absolute Gasteiger partial charge is 0.382 e. The van der Waals surface area contributed by atoms with Gasteiger partial charge in [0.2, 0.25) is 5.82 Å². The number of anilines is 1. The maximum atomic E-state index is 14.1. The number of halogens is 1. The van der Waals surface area contributed by atoms with Crippen LogP contribution in [0.15, 0.2) is 24.3 Å². The highest BCUT2D eigenvalue weighted by Gasteiger charge is 2.32. The summed E-state index contributed by atoms with van der Waals surface area (Å²) in [5.41, 5.74) is 6.27. The van der Waals surface area contributed by atoms with Crippen molar-refractivity contribution in [2.45, 2.75) is 24.9 Å². The van der Waals surface area contributed by atoms with Gasteiger partial charge in [0.1, 0.15) is 17.2 Å². The van der Waals surface area contributed by atoms with Gasteiger partial charge in [-0.25, -0.2) is 19.3 Å². The van der Waals surface area contributed by atoms with Crippen molar-refractivity contribution in [3.63, 3.8) is 0 Å². The molecule has 0 amide bonds. The van der Waals surface area contributed by atoms with Crippen LogP contribution in [0.4, 0.5) is 10.2 Å². The average Bonchev–Trinajstić information content (AvgIpc) is 2.89. The van der Waals surface area contributed by atoms with E-state index in [1.807, 2.05) is 0 Å². The summed E-state index contributed by atoms with van der Waals surface area (Å²) in [6, 6.07) is 6.38. The highest BCUT2D eigenvalue weighted by molar-refractivity contribution is 5.85. The van der Waals surface area contributed by atoms with Gasteiger partial charge in [0.15, 0.2) is 17.0 Å². The Labute approximate surface area is 143 Å². The summed E-state index contributed by atoms with van der Waals surface area (Å²) in [5.74, 6) is 6.03. The molecule has 3 aromatic rings. The molecular weight excluding hydrogens is 321 g/mol. The fourth-order valence-electron chi connectivity index (χ4n) is 2.83. The summed E-state index contributed by atoms with van der Waals surface area (Å²) in [4.78, 5) is 12.9. The number of imidazole rings is 1. The second-order valence-corrected chi connectivity index (χ2v) is 6.21. The predicted octanol–water partition coefficient (Wildman–Crippen LogP) is 2.02. The first-order chi connectivity index (χ1) is 12.0. The maximum Gasteiger partial charge on any atom is 0.209 e. The van der Waals surface area contributed by atoms with Crippen LogP contribution < -0.4 is 5.73 Å². The van der Waals surface area contributed by atoms with Gasteiger partial charge in [-0.2, -0.15) is 0 Å². The lowest BCUT2D eigenvalue weighted by Gasteiger charge is -2.30. The molecule has 0 bridgehead atoms. The summed E-state index contributed by atoms with van der Waals surface area (Å²) in [6.07, 6.45) is 2.27. The van der Waals surface area contributed by atoms with Gasteiger partial charge >= 0.3 is 0 Å². The molecule has 1 saturated carbocycles. The fraction of sp³-hybridized carbons (Fsp3) is 0.278. The van der Waals surface area contributed by atoms with Gasteiger partial charge in [0.25, 0.3) is 0 Å². The molecule has 0 spiro atoms. The SMILES string of the molecule is Cn1c(-c2ccccc2F)nc2c(N)nc(C#CC3(O)CCC3)nc21. The number of aromatic nitrogens is 4. The molecule has 3 N–H and O–H groups in total. The van der Waals surface area contributed by atoms with E-state index < -0.39 is 5.60 Å². The van der Waals surface area contributed by atoms with Crippen LogP contribution in [-0.4, -0.2) is 30.2 Å². The summed E-state index contributed by atoms with van der Waals surface area (Å²) >= 11 is 0. The Morgan fingerprint density at radius 3 is 2.68 bits per heavy atom. The van der Waals surface area contributed by atoms with E-state index in [9.17, 15) is 9.50 Å². The molecule has 0 atom stereocenters. The van der Waals surface area contributed by atoms with E-state index in [4.69, 9.17) is 5.73 Å². The molecule has 2 aromatic heterocycles. The van der Waals surface area contributed by atoms with E-state index in [0.717, 1.165) is 6.42 Å². The van der Waals surface area contributed by atoms with Crippen LogP contribution in [0.5, 0.6) is 0 Å². The molecule has 0 aliphatic heterocycles. The smallest absolute Gasteiger partial charge is 0.209 e. The van der Waals surface area contributed by atoms with Gasteiger partial charge in [0.05, 0.1) is 5.56 Å². The monoisotopic (exact) mass is 337 g/mol. The standard InChI is InChI=1S/C18H16FN5O/c1-24-16(11-5-2-3-6-12(11)19)23-14-15(20)21-13(22-17(14)24)7-10-18(25)8-4-9-18/h2-3,5-6,25H,4,8-9H2,1H3,(H2,20,21,22). The molecule has 7 heteroatoms. The lowest BCUT2D eigenvalue weighted by Crippen LogP contribution is -2.34. The minimum atomic E-state index is -0.947. The molecule has 0 unspecified atom stereocenters. The topological polar surface area (TPSA) is 89.9 Å². The molecule has 1 aliphatic rings. The summed E-state index contributed by atoms with van der Waals surface area (Å²) < 4.78 is 15.8. The van der Waals surface area contributed by atoms with Gasteiger partial charge < -0.3 is 15.4 Å². The number of hydrogen-bond donors (Lipinski definition) is 2. The molecule has 1 aliphatic carbocycles. The van der Waals surface area contributed by atoms with Crippen molar-refractivity contribution in [2.75, 3.05) is 5.73 Å². The highest BCUT2D eigenvalue weighted by atomic mass is 19.1. The molecule has 1 fully saturated rings. The quantitative estimate of drug-likeness (QED) is 0.663. The first kappa shape index (κ1) is 15.5. The zero-order chi connectivity index (χ0) is 17.6. The van der Waals surface area contributed by atoms with Crippen molar-refractivity contribution in [2.24, 2.45) is 7.05 Å². The predicted molar refractivity (Wildman–Crippen MR) is 91.8 cm³/mol. The number of aryl methyl sites for hydroxylation is 1. The third-order valence-electron chi connectivity index (χ3n) is 4.45. The molecule has 6 nitrogen and oxygen atoms in total. The molecular formula is C18H16FN5O. The fourth-order valence-corrected chi connectivity index (χ4v) is 2.83. The van der Waals surface area contributed by atoms with Crippen molar-refractivity contribution in [1.29, 1.82) is 0 Å². The van der Waals surface area contributed by atoms with E-state index >= 15 is 0 Å². The first-order valence-electron chi connectivity index (χ1n) is 7.97. The first-order valence-corrected chi connectivity index (χ1v) is 7.97. The van der Waals surface area contributed by atoms with E-state index in [2.05, 4.69) is 26.8 Å². The Hall–Kier alpha value is -2.98. The number of aliphatic hydroxyl groups is 1. The van der Waals surface area contributed by atoms with Crippen molar-refractivity contribution >= 4 is 17.0 Å². The summed E-state index contributed by atoms with van der Waals surface area (Å²) in [6.45, 7) is 0. The van der Waals surface area contributed by atoms with Crippen molar-refractivity contribution in [1.82, 2.24) is 19.5 Å². The van der Waals surface area contributed by atoms with Gasteiger partial charge in [-0.1, -0.05) is 18.1 Å². The van der Waals surface area contributed by atoms with Crippen molar-refractivity contribution < 1.29 is 9.50 Å². The molecule has 2 heterocycles. The minimum Gasteiger partial charge on any atom is -0.382 e. The third-order valence-corrected chi connectivity index (χ3v) is 4.45. The number of benzene rings is 1. The van der Waals surface area contributed by atoms with E-state index in [-0.39, 0.29) is 17.5 Å². The van der Waals surface area contributed by atoms with Gasteiger partial charge in [-0.15, -0.1) is 0 Å². The normalized spacial score (nSPS) is 15.5. The molecule has 1 aromatic carbocycles. The van der Waals surface area contributed by atoms with Gasteiger partial charge in [-0.05, 0) is 37.3 Å². The molecule has 0 saturated heterocycles. The lowest BCUT2D eigenvalue weighted by atomic mass is 9.81. The van der Waals surface area contributed by atoms with E-state index in [0.29, 0.717) is 35.4 Å². The Morgan fingerprint density at radius 1 is 1.24 bits per heavy atom. The number of nitrogens with zero attached hydrogens (tertiary/aromatic N) is 4. The number of hydrogen-bond acceptors (Lipinski definition) is 5. The molecule has 126 valence electrons. The summed E-state index contributed by atoms with van der Waals surface area (Å²) in [7, 11) is 1.74. The third kappa shape index (κ3) is 2.61. The Morgan fingerprint density at radius 2 is 2.00 bits per heavy atom. The second-order valence-electron chi connectivity index (χ2n) is 6.21. The minimum absolute atomic E-state index is 0.174. The Balaban J connectivity index is 1.84. The van der Waals surface area contributed by atoms with Crippen LogP contribution in [0.1, 0.15) is 25.1 Å². The van der Waals surface area contributed by atoms with Crippen LogP contribution in [0.2, 0.25) is 0 Å². The van der Waals surface area contributed by atoms with Gasteiger partial charge in [-0.3, -0.25) is 0 Å². The average molecular weight is 337 g/mol. The van der Waals surface area contributed by atoms with Crippen molar-refractivity contribution in [3.05, 3.63) is 35.9 Å². The van der Waals surface area contributed by atoms with Crippen LogP contribution in [0, 0.1) is 17.7 Å². The lowest BCUT2D eigenvalue weighted by molar-refractivity contribution is 0.0239.